The molecule has 0 aliphatic carbocycles. The predicted octanol–water partition coefficient (Wildman–Crippen LogP) is 5.86. The van der Waals surface area contributed by atoms with Crippen LogP contribution in [0, 0.1) is 11.3 Å². The minimum Gasteiger partial charge on any atom is -0.397 e. The van der Waals surface area contributed by atoms with E-state index in [2.05, 4.69) is 11.1 Å². The summed E-state index contributed by atoms with van der Waals surface area (Å²) in [7, 11) is 0. The van der Waals surface area contributed by atoms with Crippen LogP contribution in [0.15, 0.2) is 65.4 Å². The van der Waals surface area contributed by atoms with Gasteiger partial charge in [-0.1, -0.05) is 36.4 Å². The largest absolute Gasteiger partial charge is 0.397 e. The Hall–Kier alpha value is -4.19. The lowest BCUT2D eigenvalue weighted by molar-refractivity contribution is 0.0974. The lowest BCUT2D eigenvalue weighted by Crippen LogP contribution is -2.11. The molecule has 2 aromatic carbocycles. The van der Waals surface area contributed by atoms with Crippen molar-refractivity contribution in [3.63, 3.8) is 0 Å². The van der Waals surface area contributed by atoms with Crippen LogP contribution in [0.5, 0.6) is 0 Å². The highest BCUT2D eigenvalue weighted by Gasteiger charge is 2.26. The van der Waals surface area contributed by atoms with Crippen molar-refractivity contribution >= 4 is 72.1 Å². The number of carbonyl (C=O) groups is 1. The van der Waals surface area contributed by atoms with Crippen molar-refractivity contribution in [1.82, 2.24) is 9.55 Å². The van der Waals surface area contributed by atoms with E-state index in [1.165, 1.54) is 22.7 Å². The zero-order chi connectivity index (χ0) is 22.7. The van der Waals surface area contributed by atoms with E-state index in [-0.39, 0.29) is 17.3 Å². The maximum atomic E-state index is 13.9. The molecule has 0 saturated heterocycles. The van der Waals surface area contributed by atoms with Gasteiger partial charge in [0.1, 0.15) is 27.2 Å². The molecule has 0 bridgehead atoms. The second-order valence-electron chi connectivity index (χ2n) is 7.57. The third-order valence-electron chi connectivity index (χ3n) is 5.80. The summed E-state index contributed by atoms with van der Waals surface area (Å²) < 4.78 is 1.70. The van der Waals surface area contributed by atoms with Crippen LogP contribution in [-0.4, -0.2) is 15.5 Å². The maximum Gasteiger partial charge on any atom is 0.275 e. The molecule has 0 radical (unpaired) electrons. The second kappa shape index (κ2) is 7.17. The number of nitriles is 1. The number of carbonyl (C=O) groups excluding carboxylic acids is 1. The first-order valence-corrected chi connectivity index (χ1v) is 11.8. The monoisotopic (exact) mass is 465 g/mol. The highest BCUT2D eigenvalue weighted by molar-refractivity contribution is 7.21. The third-order valence-corrected chi connectivity index (χ3v) is 7.57. The Kier molecular flexibility index (Phi) is 4.23. The molecule has 6 rings (SSSR count). The van der Waals surface area contributed by atoms with Crippen molar-refractivity contribution in [2.24, 2.45) is 0 Å². The molecule has 6 nitrogen and oxygen atoms in total. The molecular formula is C25H15N5OS2. The number of hydrogen-bond acceptors (Lipinski definition) is 7. The Morgan fingerprint density at radius 2 is 1.67 bits per heavy atom. The Morgan fingerprint density at radius 3 is 2.27 bits per heavy atom. The fourth-order valence-corrected chi connectivity index (χ4v) is 6.07. The number of thiophene rings is 2. The minimum absolute atomic E-state index is 0.128. The van der Waals surface area contributed by atoms with Gasteiger partial charge in [0.15, 0.2) is 0 Å². The minimum atomic E-state index is -0.235. The molecule has 0 unspecified atom stereocenters. The predicted molar refractivity (Wildman–Crippen MR) is 136 cm³/mol. The zero-order valence-electron chi connectivity index (χ0n) is 17.1. The van der Waals surface area contributed by atoms with E-state index in [0.29, 0.717) is 26.3 Å². The van der Waals surface area contributed by atoms with Gasteiger partial charge in [-0.15, -0.1) is 11.3 Å². The molecule has 8 heteroatoms. The summed E-state index contributed by atoms with van der Waals surface area (Å²) in [5.74, 6) is -0.107. The number of nitrogen functional groups attached to an aromatic ring is 2. The maximum absolute atomic E-state index is 13.9. The molecule has 6 aromatic rings. The van der Waals surface area contributed by atoms with Crippen molar-refractivity contribution in [3.8, 4) is 17.2 Å². The highest BCUT2D eigenvalue weighted by Crippen LogP contribution is 2.44. The molecule has 0 spiro atoms. The number of fused-ring (bicyclic) bond motifs is 4. The molecule has 4 heterocycles. The molecule has 4 N–H and O–H groups in total. The number of pyridine rings is 1. The molecular weight excluding hydrogens is 450 g/mol. The summed E-state index contributed by atoms with van der Waals surface area (Å²) in [5, 5.41) is 16.2. The van der Waals surface area contributed by atoms with Crippen molar-refractivity contribution < 1.29 is 4.79 Å². The van der Waals surface area contributed by atoms with Gasteiger partial charge in [0.05, 0.1) is 16.7 Å². The quantitative estimate of drug-likeness (QED) is 0.333. The van der Waals surface area contributed by atoms with Crippen LogP contribution in [0.25, 0.3) is 43.1 Å². The molecule has 0 fully saturated rings. The van der Waals surface area contributed by atoms with Crippen LogP contribution in [-0.2, 0) is 0 Å². The van der Waals surface area contributed by atoms with E-state index >= 15 is 0 Å². The molecule has 0 aliphatic heterocycles. The second-order valence-corrected chi connectivity index (χ2v) is 9.35. The smallest absolute Gasteiger partial charge is 0.275 e. The van der Waals surface area contributed by atoms with Crippen molar-refractivity contribution in [2.75, 3.05) is 11.5 Å². The molecule has 0 amide bonds. The van der Waals surface area contributed by atoms with Crippen LogP contribution < -0.4 is 11.5 Å². The molecule has 0 aliphatic rings. The Labute approximate surface area is 195 Å². The average Bonchev–Trinajstić information content (AvgIpc) is 3.55. The Bertz CT molecular complexity index is 1720. The normalized spacial score (nSPS) is 11.4. The van der Waals surface area contributed by atoms with E-state index in [9.17, 15) is 10.1 Å². The van der Waals surface area contributed by atoms with Gasteiger partial charge in [0.2, 0.25) is 0 Å². The average molecular weight is 466 g/mol. The van der Waals surface area contributed by atoms with E-state index in [1.54, 1.807) is 4.57 Å². The number of rotatable bonds is 2. The summed E-state index contributed by atoms with van der Waals surface area (Å²) in [6.07, 6.45) is 0. The third kappa shape index (κ3) is 2.70. The summed E-state index contributed by atoms with van der Waals surface area (Å²) in [5.41, 5.74) is 16.4. The Morgan fingerprint density at radius 1 is 1.00 bits per heavy atom. The fraction of sp³-hybridized carbons (Fsp3) is 0. The Balaban J connectivity index is 1.67. The van der Waals surface area contributed by atoms with Gasteiger partial charge in [-0.3, -0.25) is 9.36 Å². The topological polar surface area (TPSA) is 111 Å². The van der Waals surface area contributed by atoms with E-state index in [0.717, 1.165) is 27.4 Å². The SMILES string of the molecule is N#Cc1c(N)nc2sc(C(=O)n3c4ccccc4c4ccccc43)c(N)c2c1-c1ccsc1. The van der Waals surface area contributed by atoms with Crippen LogP contribution in [0.4, 0.5) is 11.5 Å². The van der Waals surface area contributed by atoms with Gasteiger partial charge >= 0.3 is 0 Å². The van der Waals surface area contributed by atoms with Gasteiger partial charge in [0, 0.05) is 21.7 Å². The number of anilines is 2. The van der Waals surface area contributed by atoms with Gasteiger partial charge in [-0.25, -0.2) is 4.98 Å². The van der Waals surface area contributed by atoms with Gasteiger partial charge in [0.25, 0.3) is 5.91 Å². The molecule has 158 valence electrons. The van der Waals surface area contributed by atoms with Crippen LogP contribution >= 0.6 is 22.7 Å². The van der Waals surface area contributed by atoms with Crippen molar-refractivity contribution in [1.29, 1.82) is 5.26 Å². The van der Waals surface area contributed by atoms with Gasteiger partial charge in [-0.2, -0.15) is 16.6 Å². The van der Waals surface area contributed by atoms with Gasteiger partial charge < -0.3 is 11.5 Å². The van der Waals surface area contributed by atoms with Gasteiger partial charge in [-0.05, 0) is 34.5 Å². The number of para-hydroxylation sites is 2. The van der Waals surface area contributed by atoms with Crippen molar-refractivity contribution in [2.45, 2.75) is 0 Å². The number of nitrogens with two attached hydrogens (primary N) is 2. The number of aromatic nitrogens is 2. The molecule has 0 atom stereocenters. The number of hydrogen-bond donors (Lipinski definition) is 2. The molecule has 0 saturated carbocycles. The molecule has 4 aromatic heterocycles. The van der Waals surface area contributed by atoms with E-state index in [1.807, 2.05) is 65.4 Å². The van der Waals surface area contributed by atoms with E-state index in [4.69, 9.17) is 11.5 Å². The first-order valence-electron chi connectivity index (χ1n) is 10.1. The van der Waals surface area contributed by atoms with Crippen LogP contribution in [0.1, 0.15) is 15.2 Å². The fourth-order valence-electron chi connectivity index (χ4n) is 4.38. The van der Waals surface area contributed by atoms with Crippen molar-refractivity contribution in [3.05, 3.63) is 75.8 Å². The standard InChI is InChI=1S/C25H15N5OS2/c26-11-16-19(13-9-10-32-12-13)20-21(27)22(33-24(20)29-23(16)28)25(31)30-17-7-3-1-5-14(17)15-6-2-4-8-18(15)30/h1-10,12H,27H2,(H2,28,29). The van der Waals surface area contributed by atoms with Crippen LogP contribution in [0.3, 0.4) is 0 Å². The lowest BCUT2D eigenvalue weighted by atomic mass is 9.99. The van der Waals surface area contributed by atoms with E-state index < -0.39 is 0 Å². The summed E-state index contributed by atoms with van der Waals surface area (Å²) in [6.45, 7) is 0. The first-order chi connectivity index (χ1) is 16.1. The lowest BCUT2D eigenvalue weighted by Gasteiger charge is -2.08. The zero-order valence-corrected chi connectivity index (χ0v) is 18.7. The summed E-state index contributed by atoms with van der Waals surface area (Å²) in [6, 6.07) is 19.7. The number of benzene rings is 2. The highest BCUT2D eigenvalue weighted by atomic mass is 32.1. The number of nitrogens with zero attached hydrogens (tertiary/aromatic N) is 3. The summed E-state index contributed by atoms with van der Waals surface area (Å²) >= 11 is 2.71. The first kappa shape index (κ1) is 19.5. The van der Waals surface area contributed by atoms with Crippen LogP contribution in [0.2, 0.25) is 0 Å². The molecule has 33 heavy (non-hydrogen) atoms. The summed E-state index contributed by atoms with van der Waals surface area (Å²) in [4.78, 5) is 19.3.